The Kier molecular flexibility index (Phi) is 8.75. The summed E-state index contributed by atoms with van der Waals surface area (Å²) < 4.78 is 37.5. The summed E-state index contributed by atoms with van der Waals surface area (Å²) in [5.74, 6) is 0.673. The van der Waals surface area contributed by atoms with Crippen LogP contribution < -0.4 is 16.0 Å². The minimum absolute atomic E-state index is 0.120. The summed E-state index contributed by atoms with van der Waals surface area (Å²) in [6, 6.07) is 7.45. The van der Waals surface area contributed by atoms with Crippen molar-refractivity contribution in [3.8, 4) is 0 Å². The number of carbonyl (C=O) groups is 1. The van der Waals surface area contributed by atoms with E-state index in [1.165, 1.54) is 4.90 Å². The molecule has 0 aliphatic carbocycles. The lowest BCUT2D eigenvalue weighted by atomic mass is 10.1. The minimum atomic E-state index is -4.15. The Morgan fingerprint density at radius 2 is 2.10 bits per heavy atom. The van der Waals surface area contributed by atoms with Crippen molar-refractivity contribution in [1.29, 1.82) is 0 Å². The van der Waals surface area contributed by atoms with E-state index in [-0.39, 0.29) is 11.8 Å². The lowest BCUT2D eigenvalue weighted by Crippen LogP contribution is -2.39. The number of carbonyl (C=O) groups excluding carboxylic acids is 1. The second kappa shape index (κ2) is 11.0. The van der Waals surface area contributed by atoms with Crippen molar-refractivity contribution in [2.45, 2.75) is 25.9 Å². The second-order valence-corrected chi connectivity index (χ2v) is 7.18. The van der Waals surface area contributed by atoms with Crippen LogP contribution >= 0.6 is 0 Å². The molecule has 2 rings (SSSR count). The van der Waals surface area contributed by atoms with Crippen LogP contribution in [0.25, 0.3) is 0 Å². The normalized spacial score (nSPS) is 18.0. The third-order valence-electron chi connectivity index (χ3n) is 4.75. The molecule has 1 heterocycles. The lowest BCUT2D eigenvalue weighted by Gasteiger charge is -2.17. The number of aliphatic imine (C=N–C) groups is 1. The van der Waals surface area contributed by atoms with Crippen LogP contribution in [-0.4, -0.2) is 69.3 Å². The van der Waals surface area contributed by atoms with Gasteiger partial charge in [-0.25, -0.2) is 0 Å². The zero-order chi connectivity index (χ0) is 21.3. The number of amides is 1. The predicted octanol–water partition coefficient (Wildman–Crippen LogP) is 2.03. The van der Waals surface area contributed by atoms with Crippen molar-refractivity contribution in [3.05, 3.63) is 35.4 Å². The number of rotatable bonds is 8. The lowest BCUT2D eigenvalue weighted by molar-refractivity contribution is -0.143. The third-order valence-corrected chi connectivity index (χ3v) is 4.75. The van der Waals surface area contributed by atoms with Crippen LogP contribution in [0.3, 0.4) is 0 Å². The molecular weight excluding hydrogens is 383 g/mol. The average Bonchev–Trinajstić information content (AvgIpc) is 3.11. The Hall–Kier alpha value is -2.29. The molecule has 0 aromatic heterocycles. The summed E-state index contributed by atoms with van der Waals surface area (Å²) in [6.07, 6.45) is -2.70. The number of likely N-dealkylation sites (tertiary alicyclic amines) is 1. The van der Waals surface area contributed by atoms with Crippen LogP contribution in [0.5, 0.6) is 0 Å². The first-order chi connectivity index (χ1) is 13.8. The smallest absolute Gasteiger partial charge is 0.357 e. The van der Waals surface area contributed by atoms with Crippen molar-refractivity contribution >= 4 is 11.9 Å². The molecule has 1 unspecified atom stereocenters. The fraction of sp³-hybridized carbons (Fsp3) is 0.600. The van der Waals surface area contributed by atoms with Crippen molar-refractivity contribution in [2.75, 3.05) is 46.3 Å². The van der Waals surface area contributed by atoms with E-state index in [1.807, 2.05) is 25.1 Å². The topological polar surface area (TPSA) is 68.8 Å². The third kappa shape index (κ3) is 8.31. The van der Waals surface area contributed by atoms with Gasteiger partial charge in [-0.2, -0.15) is 13.2 Å². The summed E-state index contributed by atoms with van der Waals surface area (Å²) in [5.41, 5.74) is 1.66. The van der Waals surface area contributed by atoms with Crippen molar-refractivity contribution in [2.24, 2.45) is 10.9 Å². The molecule has 1 amide bonds. The maximum absolute atomic E-state index is 12.5. The first-order valence-corrected chi connectivity index (χ1v) is 9.93. The van der Waals surface area contributed by atoms with E-state index in [4.69, 9.17) is 0 Å². The van der Waals surface area contributed by atoms with Crippen molar-refractivity contribution < 1.29 is 18.0 Å². The molecule has 162 valence electrons. The first kappa shape index (κ1) is 23.0. The molecule has 6 nitrogen and oxygen atoms in total. The largest absolute Gasteiger partial charge is 0.401 e. The highest BCUT2D eigenvalue weighted by Crippen LogP contribution is 2.22. The monoisotopic (exact) mass is 413 g/mol. The molecule has 0 spiro atoms. The molecule has 9 heteroatoms. The molecular formula is C20H30F3N5O. The summed E-state index contributed by atoms with van der Waals surface area (Å²) in [7, 11) is 1.60. The Morgan fingerprint density at radius 1 is 1.31 bits per heavy atom. The zero-order valence-corrected chi connectivity index (χ0v) is 17.0. The zero-order valence-electron chi connectivity index (χ0n) is 17.0. The van der Waals surface area contributed by atoms with Gasteiger partial charge < -0.3 is 16.0 Å². The summed E-state index contributed by atoms with van der Waals surface area (Å²) in [5, 5.41) is 9.02. The van der Waals surface area contributed by atoms with Gasteiger partial charge in [0.25, 0.3) is 5.91 Å². The predicted molar refractivity (Wildman–Crippen MR) is 108 cm³/mol. The molecule has 0 saturated carbocycles. The standard InChI is InChI=1S/C20H30F3N5O/c1-3-25-19(27-12-16-8-10-28(13-16)14-20(21,22)23)26-9-7-15-5-4-6-17(11-15)18(29)24-2/h4-6,11,16H,3,7-10,12-14H2,1-2H3,(H,24,29)(H2,25,26,27). The number of benzene rings is 1. The van der Waals surface area contributed by atoms with Gasteiger partial charge >= 0.3 is 6.18 Å². The molecule has 1 aliphatic heterocycles. The Morgan fingerprint density at radius 3 is 2.79 bits per heavy atom. The highest BCUT2D eigenvalue weighted by atomic mass is 19.4. The van der Waals surface area contributed by atoms with Crippen molar-refractivity contribution in [3.63, 3.8) is 0 Å². The molecule has 1 aromatic carbocycles. The molecule has 1 atom stereocenters. The van der Waals surface area contributed by atoms with Gasteiger partial charge in [-0.3, -0.25) is 14.7 Å². The average molecular weight is 413 g/mol. The maximum atomic E-state index is 12.5. The highest BCUT2D eigenvalue weighted by molar-refractivity contribution is 5.94. The van der Waals surface area contributed by atoms with E-state index >= 15 is 0 Å². The summed E-state index contributed by atoms with van der Waals surface area (Å²) in [6.45, 7) is 3.83. The van der Waals surface area contributed by atoms with Gasteiger partial charge in [0.05, 0.1) is 6.54 Å². The van der Waals surface area contributed by atoms with Crippen LogP contribution in [0.15, 0.2) is 29.3 Å². The van der Waals surface area contributed by atoms with E-state index in [9.17, 15) is 18.0 Å². The number of hydrogen-bond acceptors (Lipinski definition) is 3. The number of alkyl halides is 3. The number of nitrogens with zero attached hydrogens (tertiary/aromatic N) is 2. The minimum Gasteiger partial charge on any atom is -0.357 e. The van der Waals surface area contributed by atoms with Gasteiger partial charge in [-0.05, 0) is 49.9 Å². The number of hydrogen-bond donors (Lipinski definition) is 3. The first-order valence-electron chi connectivity index (χ1n) is 9.93. The Labute approximate surface area is 169 Å². The van der Waals surface area contributed by atoms with E-state index < -0.39 is 12.7 Å². The number of halogens is 3. The van der Waals surface area contributed by atoms with Crippen LogP contribution in [0.4, 0.5) is 13.2 Å². The molecule has 1 saturated heterocycles. The van der Waals surface area contributed by atoms with Gasteiger partial charge in [0, 0.05) is 38.8 Å². The van der Waals surface area contributed by atoms with Crippen LogP contribution in [0, 0.1) is 5.92 Å². The van der Waals surface area contributed by atoms with Gasteiger partial charge in [-0.15, -0.1) is 0 Å². The Bertz CT molecular complexity index is 693. The van der Waals surface area contributed by atoms with E-state index in [0.717, 1.165) is 18.4 Å². The van der Waals surface area contributed by atoms with Gasteiger partial charge in [-0.1, -0.05) is 12.1 Å². The molecule has 1 fully saturated rings. The van der Waals surface area contributed by atoms with E-state index in [1.54, 1.807) is 13.1 Å². The van der Waals surface area contributed by atoms with Crippen molar-refractivity contribution in [1.82, 2.24) is 20.9 Å². The molecule has 0 radical (unpaired) electrons. The Balaban J connectivity index is 1.82. The number of guanidine groups is 1. The van der Waals surface area contributed by atoms with E-state index in [2.05, 4.69) is 20.9 Å². The van der Waals surface area contributed by atoms with Gasteiger partial charge in [0.2, 0.25) is 0 Å². The number of nitrogens with one attached hydrogen (secondary N) is 3. The fourth-order valence-corrected chi connectivity index (χ4v) is 3.36. The van der Waals surface area contributed by atoms with Gasteiger partial charge in [0.15, 0.2) is 5.96 Å². The molecule has 1 aromatic rings. The molecule has 0 bridgehead atoms. The maximum Gasteiger partial charge on any atom is 0.401 e. The fourth-order valence-electron chi connectivity index (χ4n) is 3.36. The van der Waals surface area contributed by atoms with E-state index in [0.29, 0.717) is 44.2 Å². The second-order valence-electron chi connectivity index (χ2n) is 7.18. The molecule has 29 heavy (non-hydrogen) atoms. The SMILES string of the molecule is CCNC(=NCC1CCN(CC(F)(F)F)C1)NCCc1cccc(C(=O)NC)c1. The van der Waals surface area contributed by atoms with Gasteiger partial charge in [0.1, 0.15) is 0 Å². The quantitative estimate of drug-likeness (QED) is 0.451. The van der Waals surface area contributed by atoms with Crippen LogP contribution in [0.1, 0.15) is 29.3 Å². The highest BCUT2D eigenvalue weighted by Gasteiger charge is 2.34. The van der Waals surface area contributed by atoms with Crippen LogP contribution in [-0.2, 0) is 6.42 Å². The summed E-state index contributed by atoms with van der Waals surface area (Å²) >= 11 is 0. The van der Waals surface area contributed by atoms with Crippen LogP contribution in [0.2, 0.25) is 0 Å². The molecule has 1 aliphatic rings. The summed E-state index contributed by atoms with van der Waals surface area (Å²) in [4.78, 5) is 17.7. The molecule has 3 N–H and O–H groups in total.